The highest BCUT2D eigenvalue weighted by Crippen LogP contribution is 2.15. The maximum absolute atomic E-state index is 12.1. The van der Waals surface area contributed by atoms with Crippen molar-refractivity contribution in [2.75, 3.05) is 39.0 Å². The lowest BCUT2D eigenvalue weighted by atomic mass is 10.2. The molecule has 1 aliphatic heterocycles. The van der Waals surface area contributed by atoms with Gasteiger partial charge in [-0.1, -0.05) is 13.3 Å². The molecule has 1 aromatic heterocycles. The normalized spacial score (nSPS) is 17.6. The van der Waals surface area contributed by atoms with Gasteiger partial charge in [-0.2, -0.15) is 5.10 Å². The predicted molar refractivity (Wildman–Crippen MR) is 73.5 cm³/mol. The van der Waals surface area contributed by atoms with Crippen molar-refractivity contribution in [3.05, 3.63) is 11.4 Å². The summed E-state index contributed by atoms with van der Waals surface area (Å²) in [5.41, 5.74) is 10.4. The smallest absolute Gasteiger partial charge is 0.288 e. The topological polar surface area (TPSA) is 90.3 Å². The first-order valence-corrected chi connectivity index (χ1v) is 6.69. The van der Waals surface area contributed by atoms with Gasteiger partial charge in [0.25, 0.3) is 5.91 Å². The number of carbonyl (C=O) groups is 1. The zero-order valence-corrected chi connectivity index (χ0v) is 11.6. The second-order valence-electron chi connectivity index (χ2n) is 4.95. The van der Waals surface area contributed by atoms with Crippen LogP contribution in [-0.4, -0.2) is 59.2 Å². The van der Waals surface area contributed by atoms with Crippen molar-refractivity contribution in [1.82, 2.24) is 25.5 Å². The summed E-state index contributed by atoms with van der Waals surface area (Å²) in [5.74, 6) is -0.236. The molecule has 19 heavy (non-hydrogen) atoms. The average molecular weight is 266 g/mol. The molecule has 0 aromatic carbocycles. The Kier molecular flexibility index (Phi) is 4.39. The molecular formula is C12H22N6O. The van der Waals surface area contributed by atoms with Crippen molar-refractivity contribution in [3.8, 4) is 0 Å². The van der Waals surface area contributed by atoms with E-state index < -0.39 is 0 Å². The lowest BCUT2D eigenvalue weighted by molar-refractivity contribution is 0.0658. The number of carbonyl (C=O) groups excluding carboxylic acids is 1. The van der Waals surface area contributed by atoms with Gasteiger partial charge in [0.1, 0.15) is 0 Å². The molecule has 1 fully saturated rings. The van der Waals surface area contributed by atoms with Gasteiger partial charge < -0.3 is 10.6 Å². The Bertz CT molecular complexity index is 435. The van der Waals surface area contributed by atoms with Crippen LogP contribution in [0.3, 0.4) is 0 Å². The first kappa shape index (κ1) is 13.8. The number of amides is 1. The van der Waals surface area contributed by atoms with E-state index in [9.17, 15) is 4.79 Å². The third-order valence-corrected chi connectivity index (χ3v) is 3.36. The van der Waals surface area contributed by atoms with Crippen LogP contribution in [0.5, 0.6) is 0 Å². The lowest BCUT2D eigenvalue weighted by Gasteiger charge is -2.32. The number of aryl methyl sites for hydroxylation is 1. The van der Waals surface area contributed by atoms with Gasteiger partial charge in [0.05, 0.1) is 11.4 Å². The minimum Gasteiger partial charge on any atom is -0.395 e. The Labute approximate surface area is 113 Å². The van der Waals surface area contributed by atoms with Crippen molar-refractivity contribution >= 4 is 11.6 Å². The second-order valence-corrected chi connectivity index (χ2v) is 4.95. The van der Waals surface area contributed by atoms with Gasteiger partial charge >= 0.3 is 0 Å². The van der Waals surface area contributed by atoms with Crippen LogP contribution in [0.15, 0.2) is 0 Å². The highest BCUT2D eigenvalue weighted by molar-refractivity contribution is 5.97. The monoisotopic (exact) mass is 266 g/mol. The van der Waals surface area contributed by atoms with Crippen LogP contribution in [0.2, 0.25) is 0 Å². The number of nitrogens with two attached hydrogens (primary N) is 1. The molecule has 0 bridgehead atoms. The number of nitrogen functional groups attached to an aromatic ring is 1. The van der Waals surface area contributed by atoms with Crippen molar-refractivity contribution in [1.29, 1.82) is 0 Å². The van der Waals surface area contributed by atoms with Crippen molar-refractivity contribution in [2.45, 2.75) is 19.8 Å². The third-order valence-electron chi connectivity index (χ3n) is 3.36. The summed E-state index contributed by atoms with van der Waals surface area (Å²) in [4.78, 5) is 14.3. The quantitative estimate of drug-likeness (QED) is 0.704. The molecule has 0 atom stereocenters. The summed E-state index contributed by atoms with van der Waals surface area (Å²) in [5, 5.41) is 8.77. The largest absolute Gasteiger partial charge is 0.395 e. The number of H-pyrrole nitrogens is 1. The number of hydrogen-bond acceptors (Lipinski definition) is 5. The minimum atomic E-state index is -0.236. The second kappa shape index (κ2) is 6.03. The third kappa shape index (κ3) is 3.24. The van der Waals surface area contributed by atoms with E-state index in [1.54, 1.807) is 0 Å². The van der Waals surface area contributed by atoms with Crippen LogP contribution in [-0.2, 0) is 6.42 Å². The minimum absolute atomic E-state index is 0.236. The first-order valence-electron chi connectivity index (χ1n) is 6.69. The number of anilines is 1. The number of hydrogen-bond donors (Lipinski definition) is 3. The number of likely N-dealkylation sites (N-methyl/N-ethyl adjacent to an activating group) is 1. The van der Waals surface area contributed by atoms with Gasteiger partial charge in [0, 0.05) is 26.2 Å². The van der Waals surface area contributed by atoms with Crippen molar-refractivity contribution in [2.24, 2.45) is 0 Å². The van der Waals surface area contributed by atoms with E-state index in [-0.39, 0.29) is 5.91 Å². The molecule has 1 aromatic rings. The Morgan fingerprint density at radius 2 is 2.11 bits per heavy atom. The van der Waals surface area contributed by atoms with E-state index in [0.29, 0.717) is 11.4 Å². The van der Waals surface area contributed by atoms with Gasteiger partial charge in [0.2, 0.25) is 0 Å². The van der Waals surface area contributed by atoms with Gasteiger partial charge in [-0.25, -0.2) is 5.01 Å². The van der Waals surface area contributed by atoms with Crippen molar-refractivity contribution < 1.29 is 4.79 Å². The van der Waals surface area contributed by atoms with Crippen LogP contribution in [0, 0.1) is 0 Å². The maximum atomic E-state index is 12.1. The average Bonchev–Trinajstić information content (AvgIpc) is 2.75. The zero-order valence-electron chi connectivity index (χ0n) is 11.6. The molecule has 0 saturated carbocycles. The molecular weight excluding hydrogens is 244 g/mol. The van der Waals surface area contributed by atoms with E-state index in [2.05, 4.69) is 34.5 Å². The summed E-state index contributed by atoms with van der Waals surface area (Å²) in [7, 11) is 2.07. The molecule has 2 rings (SSSR count). The number of nitrogens with one attached hydrogen (secondary N) is 2. The molecule has 0 radical (unpaired) electrons. The summed E-state index contributed by atoms with van der Waals surface area (Å²) in [6, 6.07) is 0. The van der Waals surface area contributed by atoms with Crippen LogP contribution in [0.1, 0.15) is 29.5 Å². The highest BCUT2D eigenvalue weighted by atomic mass is 16.2. The Morgan fingerprint density at radius 3 is 2.74 bits per heavy atom. The predicted octanol–water partition coefficient (Wildman–Crippen LogP) is -0.163. The molecule has 106 valence electrons. The molecule has 7 heteroatoms. The SMILES string of the molecule is CCCc1[nH]nc(C(=O)NN2CCN(C)CC2)c1N. The first-order chi connectivity index (χ1) is 9.11. The van der Waals surface area contributed by atoms with Crippen molar-refractivity contribution in [3.63, 3.8) is 0 Å². The van der Waals surface area contributed by atoms with E-state index in [1.807, 2.05) is 5.01 Å². The standard InChI is InChI=1S/C12H22N6O/c1-3-4-9-10(13)11(15-14-9)12(19)16-18-7-5-17(2)6-8-18/h3-8,13H2,1-2H3,(H,14,15)(H,16,19). The Hall–Kier alpha value is -1.60. The fourth-order valence-corrected chi connectivity index (χ4v) is 2.12. The molecule has 7 nitrogen and oxygen atoms in total. The van der Waals surface area contributed by atoms with Crippen LogP contribution < -0.4 is 11.2 Å². The summed E-state index contributed by atoms with van der Waals surface area (Å²) < 4.78 is 0. The molecule has 1 saturated heterocycles. The number of hydrazine groups is 1. The molecule has 1 aliphatic rings. The number of aromatic nitrogens is 2. The van der Waals surface area contributed by atoms with Gasteiger partial charge in [-0.15, -0.1) is 0 Å². The molecule has 4 N–H and O–H groups in total. The maximum Gasteiger partial charge on any atom is 0.288 e. The molecule has 1 amide bonds. The molecule has 2 heterocycles. The van der Waals surface area contributed by atoms with E-state index >= 15 is 0 Å². The highest BCUT2D eigenvalue weighted by Gasteiger charge is 2.21. The molecule has 0 unspecified atom stereocenters. The van der Waals surface area contributed by atoms with Gasteiger partial charge in [-0.05, 0) is 13.5 Å². The number of aromatic amines is 1. The fourth-order valence-electron chi connectivity index (χ4n) is 2.12. The fraction of sp³-hybridized carbons (Fsp3) is 0.667. The summed E-state index contributed by atoms with van der Waals surface area (Å²) in [6.07, 6.45) is 1.77. The van der Waals surface area contributed by atoms with Crippen LogP contribution in [0.4, 0.5) is 5.69 Å². The Balaban J connectivity index is 1.96. The van der Waals surface area contributed by atoms with Gasteiger partial charge in [-0.3, -0.25) is 15.3 Å². The number of piperazine rings is 1. The van der Waals surface area contributed by atoms with E-state index in [4.69, 9.17) is 5.73 Å². The van der Waals surface area contributed by atoms with E-state index in [1.165, 1.54) is 0 Å². The summed E-state index contributed by atoms with van der Waals surface area (Å²) in [6.45, 7) is 5.57. The summed E-state index contributed by atoms with van der Waals surface area (Å²) >= 11 is 0. The van der Waals surface area contributed by atoms with Crippen LogP contribution >= 0.6 is 0 Å². The molecule has 0 spiro atoms. The van der Waals surface area contributed by atoms with E-state index in [0.717, 1.165) is 44.7 Å². The number of nitrogens with zero attached hydrogens (tertiary/aromatic N) is 3. The number of rotatable bonds is 4. The molecule has 0 aliphatic carbocycles. The zero-order chi connectivity index (χ0) is 13.8. The van der Waals surface area contributed by atoms with Crippen LogP contribution in [0.25, 0.3) is 0 Å². The van der Waals surface area contributed by atoms with Gasteiger partial charge in [0.15, 0.2) is 5.69 Å². The Morgan fingerprint density at radius 1 is 1.42 bits per heavy atom. The lowest BCUT2D eigenvalue weighted by Crippen LogP contribution is -2.52.